The first-order valence-electron chi connectivity index (χ1n) is 18.4. The molecule has 0 saturated heterocycles. The van der Waals surface area contributed by atoms with Crippen molar-refractivity contribution < 1.29 is 33.3 Å². The van der Waals surface area contributed by atoms with E-state index in [1.807, 2.05) is 43.3 Å². The minimum Gasteiger partial charge on any atom is -0.457 e. The molecule has 5 rings (SSSR count). The van der Waals surface area contributed by atoms with Crippen LogP contribution < -0.4 is 18.9 Å². The fourth-order valence-electron chi connectivity index (χ4n) is 5.74. The summed E-state index contributed by atoms with van der Waals surface area (Å²) < 4.78 is 23.0. The quantitative estimate of drug-likeness (QED) is 0.0370. The number of esters is 3. The smallest absolute Gasteiger partial charge is 0.343 e. The number of aliphatic imine (C=N–C) groups is 2. The lowest BCUT2D eigenvalue weighted by atomic mass is 9.89. The minimum absolute atomic E-state index is 0.172. The van der Waals surface area contributed by atoms with Gasteiger partial charge in [0.2, 0.25) is 0 Å². The molecule has 0 aromatic heterocycles. The van der Waals surface area contributed by atoms with Gasteiger partial charge in [-0.1, -0.05) is 52.1 Å². The average molecular weight is 739 g/mol. The molecule has 1 saturated carbocycles. The summed E-state index contributed by atoms with van der Waals surface area (Å²) in [4.78, 5) is 47.0. The molecule has 0 spiro atoms. The Balaban J connectivity index is 1.50. The van der Waals surface area contributed by atoms with Gasteiger partial charge in [0.1, 0.15) is 28.8 Å². The number of carbonyl (C=O) groups excluding carboxylic acids is 3. The molecule has 1 aliphatic rings. The Morgan fingerprint density at radius 3 is 1.89 bits per heavy atom. The lowest BCUT2D eigenvalue weighted by Crippen LogP contribution is -2.25. The SMILES string of the molecule is C=CC(=O)Oc1ccc(C(=O)Oc2ccc(OC(=C3CCC3)c3ccc(OC(=O)C=C)cc3)cc2C=NC(CC)C(=Nc2ccccc2C)C(C)CC)cc1. The summed E-state index contributed by atoms with van der Waals surface area (Å²) in [5.74, 6) is 0.624. The molecule has 9 heteroatoms. The number of ether oxygens (including phenoxy) is 4. The fourth-order valence-corrected chi connectivity index (χ4v) is 5.74. The first-order valence-corrected chi connectivity index (χ1v) is 18.4. The van der Waals surface area contributed by atoms with Crippen molar-refractivity contribution in [3.05, 3.63) is 144 Å². The Bertz CT molecular complexity index is 2120. The molecule has 0 radical (unpaired) electrons. The fraction of sp³-hybridized carbons (Fsp3) is 0.239. The first kappa shape index (κ1) is 39.8. The normalized spacial score (nSPS) is 13.6. The van der Waals surface area contributed by atoms with E-state index in [1.165, 1.54) is 29.8 Å². The van der Waals surface area contributed by atoms with E-state index in [9.17, 15) is 14.4 Å². The number of aryl methyl sites for hydroxylation is 1. The van der Waals surface area contributed by atoms with Gasteiger partial charge in [0, 0.05) is 35.2 Å². The van der Waals surface area contributed by atoms with Crippen molar-refractivity contribution in [2.45, 2.75) is 65.8 Å². The minimum atomic E-state index is -0.604. The number of hydrogen-bond acceptors (Lipinski definition) is 9. The molecule has 1 aliphatic carbocycles. The molecule has 4 aromatic rings. The zero-order chi connectivity index (χ0) is 39.3. The molecule has 55 heavy (non-hydrogen) atoms. The predicted octanol–water partition coefficient (Wildman–Crippen LogP) is 10.4. The molecule has 1 fully saturated rings. The van der Waals surface area contributed by atoms with Crippen molar-refractivity contribution in [2.75, 3.05) is 0 Å². The van der Waals surface area contributed by atoms with Crippen molar-refractivity contribution in [1.29, 1.82) is 0 Å². The third kappa shape index (κ3) is 10.6. The van der Waals surface area contributed by atoms with Crippen LogP contribution >= 0.6 is 0 Å². The Morgan fingerprint density at radius 2 is 1.35 bits per heavy atom. The molecule has 0 bridgehead atoms. The summed E-state index contributed by atoms with van der Waals surface area (Å²) >= 11 is 0. The van der Waals surface area contributed by atoms with Crippen LogP contribution in [0.4, 0.5) is 5.69 Å². The van der Waals surface area contributed by atoms with Crippen molar-refractivity contribution in [3.63, 3.8) is 0 Å². The highest BCUT2D eigenvalue weighted by molar-refractivity contribution is 5.97. The molecule has 0 aliphatic heterocycles. The molecule has 9 nitrogen and oxygen atoms in total. The van der Waals surface area contributed by atoms with E-state index in [4.69, 9.17) is 28.9 Å². The summed E-state index contributed by atoms with van der Waals surface area (Å²) in [6, 6.07) is 26.2. The number of hydrogen-bond donors (Lipinski definition) is 0. The summed E-state index contributed by atoms with van der Waals surface area (Å²) in [6.45, 7) is 15.3. The molecule has 2 unspecified atom stereocenters. The van der Waals surface area contributed by atoms with Crippen LogP contribution in [-0.2, 0) is 9.59 Å². The van der Waals surface area contributed by atoms with Crippen LogP contribution in [0.2, 0.25) is 0 Å². The monoisotopic (exact) mass is 738 g/mol. The van der Waals surface area contributed by atoms with Gasteiger partial charge in [0.15, 0.2) is 0 Å². The van der Waals surface area contributed by atoms with Gasteiger partial charge in [-0.2, -0.15) is 0 Å². The van der Waals surface area contributed by atoms with E-state index in [0.29, 0.717) is 29.2 Å². The van der Waals surface area contributed by atoms with Crippen LogP contribution in [0.15, 0.2) is 132 Å². The number of para-hydroxylation sites is 1. The van der Waals surface area contributed by atoms with Gasteiger partial charge in [0.05, 0.1) is 17.3 Å². The third-order valence-corrected chi connectivity index (χ3v) is 9.26. The van der Waals surface area contributed by atoms with Gasteiger partial charge in [-0.15, -0.1) is 0 Å². The Labute approximate surface area is 322 Å². The van der Waals surface area contributed by atoms with Gasteiger partial charge < -0.3 is 18.9 Å². The van der Waals surface area contributed by atoms with Gasteiger partial charge in [0.25, 0.3) is 0 Å². The molecule has 4 aromatic carbocycles. The highest BCUT2D eigenvalue weighted by Gasteiger charge is 2.22. The van der Waals surface area contributed by atoms with Crippen LogP contribution in [0.3, 0.4) is 0 Å². The highest BCUT2D eigenvalue weighted by atomic mass is 16.5. The summed E-state index contributed by atoms with van der Waals surface area (Å²) in [5.41, 5.74) is 5.75. The zero-order valence-corrected chi connectivity index (χ0v) is 31.7. The number of benzene rings is 4. The van der Waals surface area contributed by atoms with E-state index in [0.717, 1.165) is 60.4 Å². The Morgan fingerprint density at radius 1 is 0.745 bits per heavy atom. The maximum absolute atomic E-state index is 13.4. The van der Waals surface area contributed by atoms with Crippen molar-refractivity contribution in [1.82, 2.24) is 0 Å². The van der Waals surface area contributed by atoms with Crippen molar-refractivity contribution >= 4 is 41.3 Å². The lowest BCUT2D eigenvalue weighted by Gasteiger charge is -2.23. The maximum Gasteiger partial charge on any atom is 0.343 e. The van der Waals surface area contributed by atoms with E-state index < -0.39 is 17.9 Å². The van der Waals surface area contributed by atoms with Crippen molar-refractivity contribution in [2.24, 2.45) is 15.9 Å². The van der Waals surface area contributed by atoms with Gasteiger partial charge in [-0.25, -0.2) is 14.4 Å². The third-order valence-electron chi connectivity index (χ3n) is 9.26. The Kier molecular flexibility index (Phi) is 13.9. The summed E-state index contributed by atoms with van der Waals surface area (Å²) in [6.07, 6.45) is 8.35. The second kappa shape index (κ2) is 19.1. The number of allylic oxidation sites excluding steroid dienone is 1. The van der Waals surface area contributed by atoms with Crippen LogP contribution in [0.25, 0.3) is 5.76 Å². The maximum atomic E-state index is 13.4. The number of rotatable bonds is 16. The zero-order valence-electron chi connectivity index (χ0n) is 31.7. The van der Waals surface area contributed by atoms with Crippen molar-refractivity contribution in [3.8, 4) is 23.0 Å². The van der Waals surface area contributed by atoms with E-state index in [1.54, 1.807) is 36.5 Å². The first-order chi connectivity index (χ1) is 26.6. The molecule has 0 heterocycles. The standard InChI is InChI=1S/C46H46N2O7/c1-7-30(5)44(48-40-17-12-11-14-31(40)6)39(8-2)47-29-35-28-38(26-27-41(35)55-46(51)34-20-24-37(25-21-34)53-43(50)10-4)54-45(32-15-13-16-32)33-18-22-36(23-19-33)52-42(49)9-3/h9-12,14,17-30,39H,3-4,7-8,13,15-16H2,1-2,5-6H3. The summed E-state index contributed by atoms with van der Waals surface area (Å²) in [5, 5.41) is 0. The highest BCUT2D eigenvalue weighted by Crippen LogP contribution is 2.37. The van der Waals surface area contributed by atoms with Crippen LogP contribution in [0.5, 0.6) is 23.0 Å². The van der Waals surface area contributed by atoms with Gasteiger partial charge in [-0.05, 0) is 129 Å². The average Bonchev–Trinajstić information content (AvgIpc) is 3.18. The van der Waals surface area contributed by atoms with Crippen LogP contribution in [0.1, 0.15) is 79.9 Å². The Hall–Kier alpha value is -6.35. The second-order valence-corrected chi connectivity index (χ2v) is 13.1. The van der Waals surface area contributed by atoms with E-state index in [-0.39, 0.29) is 29.0 Å². The van der Waals surface area contributed by atoms with Gasteiger partial charge >= 0.3 is 17.9 Å². The molecule has 282 valence electrons. The second-order valence-electron chi connectivity index (χ2n) is 13.1. The molecular weight excluding hydrogens is 693 g/mol. The molecular formula is C46H46N2O7. The molecule has 0 amide bonds. The number of carbonyl (C=O) groups is 3. The topological polar surface area (TPSA) is 113 Å². The molecule has 0 N–H and O–H groups in total. The van der Waals surface area contributed by atoms with Gasteiger partial charge in [-0.3, -0.25) is 9.98 Å². The van der Waals surface area contributed by atoms with Crippen LogP contribution in [0, 0.1) is 12.8 Å². The van der Waals surface area contributed by atoms with E-state index in [2.05, 4.69) is 33.9 Å². The number of nitrogens with zero attached hydrogens (tertiary/aromatic N) is 2. The summed E-state index contributed by atoms with van der Waals surface area (Å²) in [7, 11) is 0. The predicted molar refractivity (Wildman–Crippen MR) is 217 cm³/mol. The van der Waals surface area contributed by atoms with E-state index >= 15 is 0 Å². The molecule has 2 atom stereocenters. The largest absolute Gasteiger partial charge is 0.457 e. The van der Waals surface area contributed by atoms with Crippen LogP contribution in [-0.4, -0.2) is 35.9 Å². The lowest BCUT2D eigenvalue weighted by molar-refractivity contribution is -0.129.